The Morgan fingerprint density at radius 1 is 1.44 bits per heavy atom. The van der Waals surface area contributed by atoms with E-state index in [4.69, 9.17) is 1.41 Å². The van der Waals surface area contributed by atoms with Gasteiger partial charge in [-0.25, -0.2) is 8.42 Å². The van der Waals surface area contributed by atoms with Crippen LogP contribution in [0.25, 0.3) is 0 Å². The van der Waals surface area contributed by atoms with Crippen LogP contribution >= 0.6 is 0 Å². The Kier molecular flexibility index (Phi) is 3.05. The van der Waals surface area contributed by atoms with Gasteiger partial charge in [-0.1, -0.05) is 24.3 Å². The summed E-state index contributed by atoms with van der Waals surface area (Å²) < 4.78 is 30.4. The van der Waals surface area contributed by atoms with Crippen LogP contribution in [0.15, 0.2) is 41.3 Å². The summed E-state index contributed by atoms with van der Waals surface area (Å²) >= 11 is 0. The Bertz CT molecular complexity index is 534. The lowest BCUT2D eigenvalue weighted by Gasteiger charge is -2.04. The first-order valence-electron chi connectivity index (χ1n) is 5.06. The van der Waals surface area contributed by atoms with Crippen molar-refractivity contribution in [1.29, 1.82) is 0 Å². The molecule has 0 aromatic heterocycles. The van der Waals surface area contributed by atoms with Crippen molar-refractivity contribution in [3.63, 3.8) is 0 Å². The smallest absolute Gasteiger partial charge is 0.245 e. The van der Waals surface area contributed by atoms with E-state index in [9.17, 15) is 13.2 Å². The van der Waals surface area contributed by atoms with Crippen molar-refractivity contribution in [2.24, 2.45) is 5.73 Å². The van der Waals surface area contributed by atoms with E-state index < -0.39 is 21.5 Å². The number of nitrogens with two attached hydrogens (primary N) is 1. The molecule has 16 heavy (non-hydrogen) atoms. The highest BCUT2D eigenvalue weighted by atomic mass is 32.2. The quantitative estimate of drug-likeness (QED) is 0.791. The second-order valence-electron chi connectivity index (χ2n) is 3.50. The molecule has 0 saturated heterocycles. The molecule has 0 aliphatic rings. The molecule has 0 spiro atoms. The van der Waals surface area contributed by atoms with Crippen LogP contribution in [0.2, 0.25) is 1.41 Å². The summed E-state index contributed by atoms with van der Waals surface area (Å²) in [6.07, 6.45) is 0. The zero-order valence-electron chi connectivity index (χ0n) is 9.86. The van der Waals surface area contributed by atoms with Crippen molar-refractivity contribution >= 4 is 15.7 Å². The first-order valence-corrected chi connectivity index (χ1v) is 6.21. The van der Waals surface area contributed by atoms with E-state index in [0.29, 0.717) is 0 Å². The van der Waals surface area contributed by atoms with E-state index in [2.05, 4.69) is 6.58 Å². The predicted molar refractivity (Wildman–Crippen MR) is 61.6 cm³/mol. The van der Waals surface area contributed by atoms with Crippen molar-refractivity contribution in [2.45, 2.75) is 11.8 Å². The maximum Gasteiger partial charge on any atom is 0.245 e. The molecule has 0 aliphatic heterocycles. The number of hydrogen-bond acceptors (Lipinski definition) is 3. The molecule has 0 heterocycles. The minimum atomic E-state index is -3.58. The standard InChI is InChI=1S/C11H13NO3S/c1-8-3-5-10(6-4-8)16(14,15)7-9(2)11(12)13/h3-6H,2,7H2,1H3,(H2,12,13)/i/hD. The number of amides is 1. The van der Waals surface area contributed by atoms with E-state index in [-0.39, 0.29) is 10.5 Å². The van der Waals surface area contributed by atoms with Crippen LogP contribution in [-0.4, -0.2) is 20.1 Å². The molecule has 1 aromatic rings. The average molecular weight is 240 g/mol. The number of benzene rings is 1. The highest BCUT2D eigenvalue weighted by Crippen LogP contribution is 2.14. The van der Waals surface area contributed by atoms with Gasteiger partial charge in [0, 0.05) is 5.57 Å². The van der Waals surface area contributed by atoms with Crippen molar-refractivity contribution in [2.75, 3.05) is 5.75 Å². The predicted octanol–water partition coefficient (Wildman–Crippen LogP) is 0.810. The maximum atomic E-state index is 11.9. The van der Waals surface area contributed by atoms with Crippen molar-refractivity contribution in [3.8, 4) is 0 Å². The number of hydrogen-bond donors (Lipinski definition) is 1. The van der Waals surface area contributed by atoms with Gasteiger partial charge in [-0.2, -0.15) is 0 Å². The number of carbonyl (C=O) groups is 1. The fraction of sp³-hybridized carbons (Fsp3) is 0.182. The first kappa shape index (κ1) is 10.9. The molecule has 1 rings (SSSR count). The van der Waals surface area contributed by atoms with Crippen LogP contribution in [0.4, 0.5) is 0 Å². The lowest BCUT2D eigenvalue weighted by Crippen LogP contribution is -2.20. The van der Waals surface area contributed by atoms with Gasteiger partial charge in [0.25, 0.3) is 0 Å². The molecule has 0 atom stereocenters. The molecule has 0 radical (unpaired) electrons. The van der Waals surface area contributed by atoms with Crippen LogP contribution in [-0.2, 0) is 14.6 Å². The number of aryl methyl sites for hydroxylation is 1. The van der Waals surface area contributed by atoms with Crippen LogP contribution in [0.1, 0.15) is 5.56 Å². The fourth-order valence-corrected chi connectivity index (χ4v) is 2.43. The highest BCUT2D eigenvalue weighted by molar-refractivity contribution is 7.91. The summed E-state index contributed by atoms with van der Waals surface area (Å²) in [6.45, 7) is 5.19. The molecule has 2 N–H and O–H groups in total. The van der Waals surface area contributed by atoms with E-state index in [0.717, 1.165) is 5.56 Å². The Balaban J connectivity index is 2.93. The lowest BCUT2D eigenvalue weighted by atomic mass is 10.2. The Morgan fingerprint density at radius 3 is 2.50 bits per heavy atom. The Hall–Kier alpha value is -1.62. The molecular formula is C11H13NO3S. The van der Waals surface area contributed by atoms with Gasteiger partial charge in [0.2, 0.25) is 5.91 Å². The Labute approximate surface area is 96.2 Å². The number of rotatable bonds is 4. The van der Waals surface area contributed by atoms with Gasteiger partial charge in [-0.05, 0) is 19.1 Å². The van der Waals surface area contributed by atoms with Crippen molar-refractivity contribution in [3.05, 3.63) is 42.0 Å². The van der Waals surface area contributed by atoms with Crippen molar-refractivity contribution < 1.29 is 14.6 Å². The maximum absolute atomic E-state index is 11.9. The molecule has 1 aromatic carbocycles. The van der Waals surface area contributed by atoms with Gasteiger partial charge in [0.05, 0.1) is 10.6 Å². The fourth-order valence-electron chi connectivity index (χ4n) is 1.12. The highest BCUT2D eigenvalue weighted by Gasteiger charge is 2.17. The molecule has 0 fully saturated rings. The molecule has 5 heteroatoms. The third-order valence-electron chi connectivity index (χ3n) is 2.07. The summed E-state index contributed by atoms with van der Waals surface area (Å²) in [5.74, 6) is -1.28. The van der Waals surface area contributed by atoms with E-state index in [1.807, 2.05) is 6.92 Å². The summed E-state index contributed by atoms with van der Waals surface area (Å²) in [6, 6.07) is 6.33. The molecule has 0 saturated carbocycles. The van der Waals surface area contributed by atoms with Crippen molar-refractivity contribution in [1.82, 2.24) is 0 Å². The van der Waals surface area contributed by atoms with Gasteiger partial charge < -0.3 is 5.73 Å². The molecule has 1 amide bonds. The largest absolute Gasteiger partial charge is 0.366 e. The van der Waals surface area contributed by atoms with Gasteiger partial charge in [-0.15, -0.1) is 0 Å². The van der Waals surface area contributed by atoms with Gasteiger partial charge in [0.1, 0.15) is 0 Å². The summed E-state index contributed by atoms with van der Waals surface area (Å²) in [5.41, 5.74) is 2.39. The third-order valence-corrected chi connectivity index (χ3v) is 3.78. The normalized spacial score (nSPS) is 11.7. The first-order chi connectivity index (χ1) is 7.86. The molecule has 86 valence electrons. The number of carbonyl (C=O) groups excluding carboxylic acids is 1. The second kappa shape index (κ2) is 4.49. The van der Waals surface area contributed by atoms with Crippen LogP contribution in [0.5, 0.6) is 0 Å². The molecular weight excluding hydrogens is 226 g/mol. The van der Waals surface area contributed by atoms with Crippen LogP contribution in [0.3, 0.4) is 0 Å². The topological polar surface area (TPSA) is 77.2 Å². The summed E-state index contributed by atoms with van der Waals surface area (Å²) in [4.78, 5) is 11.2. The van der Waals surface area contributed by atoms with Gasteiger partial charge >= 0.3 is 0 Å². The number of primary amides is 1. The molecule has 0 bridgehead atoms. The zero-order chi connectivity index (χ0) is 13.1. The van der Waals surface area contributed by atoms with E-state index in [1.54, 1.807) is 17.9 Å². The van der Waals surface area contributed by atoms with E-state index in [1.165, 1.54) is 12.1 Å². The van der Waals surface area contributed by atoms with E-state index >= 15 is 0 Å². The second-order valence-corrected chi connectivity index (χ2v) is 5.49. The summed E-state index contributed by atoms with van der Waals surface area (Å²) in [5, 5.41) is 0. The minimum Gasteiger partial charge on any atom is -0.366 e. The average Bonchev–Trinajstić information content (AvgIpc) is 2.27. The molecule has 0 aliphatic carbocycles. The lowest BCUT2D eigenvalue weighted by molar-refractivity contribution is -0.114. The molecule has 0 unspecified atom stereocenters. The third kappa shape index (κ3) is 2.93. The summed E-state index contributed by atoms with van der Waals surface area (Å²) in [7, 11) is -3.58. The van der Waals surface area contributed by atoms with Gasteiger partial charge in [-0.3, -0.25) is 4.79 Å². The SMILES string of the molecule is [2H]NC(=O)C(=C)CS(=O)(=O)c1ccc(C)cc1. The monoisotopic (exact) mass is 240 g/mol. The zero-order valence-corrected chi connectivity index (χ0v) is 9.67. The van der Waals surface area contributed by atoms with Crippen LogP contribution < -0.4 is 5.73 Å². The minimum absolute atomic E-state index is 0.141. The molecule has 4 nitrogen and oxygen atoms in total. The number of sulfone groups is 1. The van der Waals surface area contributed by atoms with Gasteiger partial charge in [0.15, 0.2) is 11.2 Å². The Morgan fingerprint density at radius 2 is 2.00 bits per heavy atom. The van der Waals surface area contributed by atoms with Crippen LogP contribution in [0, 0.1) is 6.92 Å².